The molecule has 0 amide bonds. The summed E-state index contributed by atoms with van der Waals surface area (Å²) in [5, 5.41) is 4.22. The van der Waals surface area contributed by atoms with E-state index in [4.69, 9.17) is 11.6 Å². The van der Waals surface area contributed by atoms with Crippen LogP contribution in [-0.4, -0.2) is 31.6 Å². The molecule has 0 aliphatic rings. The Bertz CT molecular complexity index is 369. The zero-order valence-electron chi connectivity index (χ0n) is 11.3. The summed E-state index contributed by atoms with van der Waals surface area (Å²) >= 11 is 9.49. The van der Waals surface area contributed by atoms with Crippen molar-refractivity contribution in [2.24, 2.45) is 5.92 Å². The molecule has 0 atom stereocenters. The first-order chi connectivity index (χ1) is 8.49. The van der Waals surface area contributed by atoms with Crippen molar-refractivity contribution in [3.8, 4) is 0 Å². The number of nitrogens with zero attached hydrogens (tertiary/aromatic N) is 1. The van der Waals surface area contributed by atoms with Crippen molar-refractivity contribution in [3.63, 3.8) is 0 Å². The summed E-state index contributed by atoms with van der Waals surface area (Å²) in [7, 11) is 2.13. The molecule has 2 nitrogen and oxygen atoms in total. The Kier molecular flexibility index (Phi) is 7.23. The van der Waals surface area contributed by atoms with E-state index in [9.17, 15) is 0 Å². The second-order valence-corrected chi connectivity index (χ2v) is 6.35. The zero-order valence-corrected chi connectivity index (χ0v) is 13.7. The van der Waals surface area contributed by atoms with Crippen LogP contribution in [0.1, 0.15) is 19.4 Å². The molecule has 0 spiro atoms. The highest BCUT2D eigenvalue weighted by Gasteiger charge is 2.03. The van der Waals surface area contributed by atoms with Crippen LogP contribution in [0, 0.1) is 5.92 Å². The van der Waals surface area contributed by atoms with Gasteiger partial charge in [0.1, 0.15) is 0 Å². The summed E-state index contributed by atoms with van der Waals surface area (Å²) < 4.78 is 0.953. The fourth-order valence-electron chi connectivity index (χ4n) is 1.69. The number of benzene rings is 1. The van der Waals surface area contributed by atoms with Gasteiger partial charge in [-0.2, -0.15) is 0 Å². The smallest absolute Gasteiger partial charge is 0.0551 e. The normalized spacial score (nSPS) is 11.5. The van der Waals surface area contributed by atoms with E-state index in [-0.39, 0.29) is 0 Å². The highest BCUT2D eigenvalue weighted by molar-refractivity contribution is 9.10. The third-order valence-corrected chi connectivity index (χ3v) is 3.89. The Morgan fingerprint density at radius 3 is 2.72 bits per heavy atom. The molecule has 1 N–H and O–H groups in total. The van der Waals surface area contributed by atoms with Crippen molar-refractivity contribution in [3.05, 3.63) is 33.3 Å². The van der Waals surface area contributed by atoms with Crippen LogP contribution in [0.4, 0.5) is 0 Å². The van der Waals surface area contributed by atoms with E-state index >= 15 is 0 Å². The van der Waals surface area contributed by atoms with Gasteiger partial charge in [-0.05, 0) is 53.1 Å². The number of halogens is 2. The van der Waals surface area contributed by atoms with E-state index in [1.54, 1.807) is 0 Å². The molecular weight excluding hydrogens is 312 g/mol. The molecule has 1 aromatic carbocycles. The van der Waals surface area contributed by atoms with Crippen LogP contribution in [-0.2, 0) is 6.54 Å². The molecule has 18 heavy (non-hydrogen) atoms. The molecule has 0 unspecified atom stereocenters. The molecule has 0 aromatic heterocycles. The number of rotatable bonds is 7. The lowest BCUT2D eigenvalue weighted by Crippen LogP contribution is -2.30. The minimum atomic E-state index is 0.709. The van der Waals surface area contributed by atoms with Gasteiger partial charge in [0.15, 0.2) is 0 Å². The topological polar surface area (TPSA) is 15.3 Å². The molecule has 1 rings (SSSR count). The molecule has 4 heteroatoms. The van der Waals surface area contributed by atoms with E-state index < -0.39 is 0 Å². The molecule has 0 fully saturated rings. The van der Waals surface area contributed by atoms with Crippen LogP contribution in [0.2, 0.25) is 5.02 Å². The van der Waals surface area contributed by atoms with Crippen LogP contribution >= 0.6 is 27.5 Å². The Hall–Kier alpha value is -0.0900. The van der Waals surface area contributed by atoms with Gasteiger partial charge in [-0.25, -0.2) is 0 Å². The van der Waals surface area contributed by atoms with Gasteiger partial charge in [0, 0.05) is 24.1 Å². The quantitative estimate of drug-likeness (QED) is 0.764. The van der Waals surface area contributed by atoms with Crippen LogP contribution < -0.4 is 5.32 Å². The third kappa shape index (κ3) is 6.19. The molecule has 102 valence electrons. The monoisotopic (exact) mass is 332 g/mol. The van der Waals surface area contributed by atoms with Crippen LogP contribution in [0.5, 0.6) is 0 Å². The number of hydrogen-bond donors (Lipinski definition) is 1. The van der Waals surface area contributed by atoms with Gasteiger partial charge in [0.05, 0.1) is 5.02 Å². The summed E-state index contributed by atoms with van der Waals surface area (Å²) in [4.78, 5) is 2.30. The highest BCUT2D eigenvalue weighted by Crippen LogP contribution is 2.23. The zero-order chi connectivity index (χ0) is 13.5. The minimum absolute atomic E-state index is 0.709. The number of hydrogen-bond acceptors (Lipinski definition) is 2. The third-order valence-electron chi connectivity index (χ3n) is 2.66. The maximum absolute atomic E-state index is 6.08. The van der Waals surface area contributed by atoms with Gasteiger partial charge in [0.25, 0.3) is 0 Å². The number of likely N-dealkylation sites (N-methyl/N-ethyl adjacent to an activating group) is 1. The van der Waals surface area contributed by atoms with Gasteiger partial charge in [-0.3, -0.25) is 0 Å². The van der Waals surface area contributed by atoms with Crippen molar-refractivity contribution in [2.45, 2.75) is 20.4 Å². The first kappa shape index (κ1) is 16.0. The fourth-order valence-corrected chi connectivity index (χ4v) is 2.14. The molecule has 0 heterocycles. The SMILES string of the molecule is CC(C)CNCCN(C)Cc1ccc(Br)c(Cl)c1. The fraction of sp³-hybridized carbons (Fsp3) is 0.571. The summed E-state index contributed by atoms with van der Waals surface area (Å²) in [5.74, 6) is 0.709. The van der Waals surface area contributed by atoms with Gasteiger partial charge in [-0.15, -0.1) is 0 Å². The van der Waals surface area contributed by atoms with E-state index in [1.807, 2.05) is 12.1 Å². The van der Waals surface area contributed by atoms with Crippen LogP contribution in [0.3, 0.4) is 0 Å². The van der Waals surface area contributed by atoms with Crippen molar-refractivity contribution < 1.29 is 0 Å². The van der Waals surface area contributed by atoms with Crippen LogP contribution in [0.25, 0.3) is 0 Å². The average Bonchev–Trinajstić information content (AvgIpc) is 2.29. The molecule has 0 aliphatic carbocycles. The molecule has 0 radical (unpaired) electrons. The molecule has 0 saturated heterocycles. The Balaban J connectivity index is 2.31. The number of nitrogens with one attached hydrogen (secondary N) is 1. The lowest BCUT2D eigenvalue weighted by Gasteiger charge is -2.18. The second-order valence-electron chi connectivity index (χ2n) is 5.08. The van der Waals surface area contributed by atoms with Gasteiger partial charge in [0.2, 0.25) is 0 Å². The Labute approximate surface area is 124 Å². The van der Waals surface area contributed by atoms with Gasteiger partial charge >= 0.3 is 0 Å². The van der Waals surface area contributed by atoms with E-state index in [1.165, 1.54) is 5.56 Å². The molecular formula is C14H22BrClN2. The maximum atomic E-state index is 6.08. The lowest BCUT2D eigenvalue weighted by molar-refractivity contribution is 0.321. The van der Waals surface area contributed by atoms with Crippen molar-refractivity contribution >= 4 is 27.5 Å². The van der Waals surface area contributed by atoms with Crippen molar-refractivity contribution in [1.82, 2.24) is 10.2 Å². The first-order valence-corrected chi connectivity index (χ1v) is 7.49. The Morgan fingerprint density at radius 1 is 1.39 bits per heavy atom. The molecule has 0 aliphatic heterocycles. The summed E-state index contributed by atoms with van der Waals surface area (Å²) in [5.41, 5.74) is 1.24. The molecule has 1 aromatic rings. The summed E-state index contributed by atoms with van der Waals surface area (Å²) in [6.07, 6.45) is 0. The van der Waals surface area contributed by atoms with E-state index in [2.05, 4.69) is 53.1 Å². The van der Waals surface area contributed by atoms with E-state index in [0.29, 0.717) is 5.92 Å². The van der Waals surface area contributed by atoms with Gasteiger partial charge < -0.3 is 10.2 Å². The van der Waals surface area contributed by atoms with Crippen LogP contribution in [0.15, 0.2) is 22.7 Å². The minimum Gasteiger partial charge on any atom is -0.315 e. The lowest BCUT2D eigenvalue weighted by atomic mass is 10.2. The van der Waals surface area contributed by atoms with Crippen molar-refractivity contribution in [2.75, 3.05) is 26.7 Å². The van der Waals surface area contributed by atoms with Gasteiger partial charge in [-0.1, -0.05) is 31.5 Å². The van der Waals surface area contributed by atoms with Crippen molar-refractivity contribution in [1.29, 1.82) is 0 Å². The summed E-state index contributed by atoms with van der Waals surface area (Å²) in [6, 6.07) is 6.13. The average molecular weight is 334 g/mol. The predicted molar refractivity (Wildman–Crippen MR) is 83.2 cm³/mol. The predicted octanol–water partition coefficient (Wildman–Crippen LogP) is 3.78. The molecule has 0 saturated carbocycles. The Morgan fingerprint density at radius 2 is 2.11 bits per heavy atom. The largest absolute Gasteiger partial charge is 0.315 e. The highest BCUT2D eigenvalue weighted by atomic mass is 79.9. The van der Waals surface area contributed by atoms with E-state index in [0.717, 1.165) is 35.7 Å². The second kappa shape index (κ2) is 8.16. The first-order valence-electron chi connectivity index (χ1n) is 6.32. The standard InChI is InChI=1S/C14H22BrClN2/c1-11(2)9-17-6-7-18(3)10-12-4-5-13(15)14(16)8-12/h4-5,8,11,17H,6-7,9-10H2,1-3H3. The summed E-state index contributed by atoms with van der Waals surface area (Å²) in [6.45, 7) is 8.52. The maximum Gasteiger partial charge on any atom is 0.0551 e. The molecule has 0 bridgehead atoms.